The zero-order valence-electron chi connectivity index (χ0n) is 16.1. The molecule has 7 nitrogen and oxygen atoms in total. The lowest BCUT2D eigenvalue weighted by Gasteiger charge is -2.29. The second kappa shape index (κ2) is 8.36. The molecule has 1 atom stereocenters. The molecular weight excluding hydrogens is 322 g/mol. The van der Waals surface area contributed by atoms with Crippen LogP contribution in [0.15, 0.2) is 12.3 Å². The molecule has 2 N–H and O–H groups in total. The van der Waals surface area contributed by atoms with Crippen LogP contribution in [0, 0.1) is 5.41 Å². The summed E-state index contributed by atoms with van der Waals surface area (Å²) in [6, 6.07) is 2.04. The quantitative estimate of drug-likeness (QED) is 0.747. The van der Waals surface area contributed by atoms with Crippen molar-refractivity contribution < 1.29 is 19.4 Å². The van der Waals surface area contributed by atoms with Crippen LogP contribution in [0.1, 0.15) is 66.1 Å². The molecule has 1 rings (SSSR count). The molecule has 7 heteroatoms. The van der Waals surface area contributed by atoms with Gasteiger partial charge in [-0.2, -0.15) is 5.10 Å². The second-order valence-corrected chi connectivity index (χ2v) is 7.75. The standard InChI is InChI=1S/C18H31N3O4/c1-7-9-18(15(22)23,12-19-16(24)25-17(4,5)6)11-14-8-10-21(20-14)13(2)3/h8,10,13H,7,9,11-12H2,1-6H3,(H,19,24)(H,22,23). The van der Waals surface area contributed by atoms with Gasteiger partial charge in [-0.3, -0.25) is 9.48 Å². The minimum atomic E-state index is -1.11. The molecule has 25 heavy (non-hydrogen) atoms. The number of rotatable bonds is 8. The lowest BCUT2D eigenvalue weighted by Crippen LogP contribution is -2.46. The van der Waals surface area contributed by atoms with Crippen molar-refractivity contribution in [3.63, 3.8) is 0 Å². The van der Waals surface area contributed by atoms with Gasteiger partial charge in [-0.25, -0.2) is 4.79 Å². The van der Waals surface area contributed by atoms with Gasteiger partial charge in [0.05, 0.1) is 11.1 Å². The van der Waals surface area contributed by atoms with Gasteiger partial charge in [0.25, 0.3) is 0 Å². The molecule has 0 aliphatic carbocycles. The number of hydrogen-bond acceptors (Lipinski definition) is 4. The third-order valence-corrected chi connectivity index (χ3v) is 3.86. The van der Waals surface area contributed by atoms with E-state index in [2.05, 4.69) is 10.4 Å². The van der Waals surface area contributed by atoms with Crippen LogP contribution in [0.25, 0.3) is 0 Å². The van der Waals surface area contributed by atoms with Crippen LogP contribution in [-0.2, 0) is 16.0 Å². The predicted octanol–water partition coefficient (Wildman–Crippen LogP) is 3.40. The SMILES string of the molecule is CCCC(CNC(=O)OC(C)(C)C)(Cc1ccn(C(C)C)n1)C(=O)O. The molecule has 0 aromatic carbocycles. The van der Waals surface area contributed by atoms with E-state index in [0.29, 0.717) is 18.5 Å². The maximum Gasteiger partial charge on any atom is 0.407 e. The molecule has 1 aromatic rings. The molecule has 0 fully saturated rings. The molecule has 142 valence electrons. The van der Waals surface area contributed by atoms with E-state index in [4.69, 9.17) is 4.74 Å². The van der Waals surface area contributed by atoms with E-state index >= 15 is 0 Å². The molecule has 1 aromatic heterocycles. The largest absolute Gasteiger partial charge is 0.481 e. The molecule has 0 radical (unpaired) electrons. The normalized spacial score (nSPS) is 14.2. The van der Waals surface area contributed by atoms with Crippen LogP contribution in [0.5, 0.6) is 0 Å². The van der Waals surface area contributed by atoms with E-state index in [9.17, 15) is 14.7 Å². The number of carbonyl (C=O) groups excluding carboxylic acids is 1. The van der Waals surface area contributed by atoms with Crippen LogP contribution in [0.4, 0.5) is 4.79 Å². The predicted molar refractivity (Wildman–Crippen MR) is 95.5 cm³/mol. The molecule has 1 amide bonds. The third kappa shape index (κ3) is 6.40. The number of carbonyl (C=O) groups is 2. The first-order valence-electron chi connectivity index (χ1n) is 8.73. The van der Waals surface area contributed by atoms with Gasteiger partial charge in [-0.1, -0.05) is 13.3 Å². The molecular formula is C18H31N3O4. The van der Waals surface area contributed by atoms with Crippen molar-refractivity contribution >= 4 is 12.1 Å². The number of nitrogens with zero attached hydrogens (tertiary/aromatic N) is 2. The number of nitrogens with one attached hydrogen (secondary N) is 1. The van der Waals surface area contributed by atoms with Crippen molar-refractivity contribution in [2.24, 2.45) is 5.41 Å². The Labute approximate surface area is 149 Å². The fraction of sp³-hybridized carbons (Fsp3) is 0.722. The molecule has 0 aliphatic heterocycles. The van der Waals surface area contributed by atoms with Crippen molar-refractivity contribution in [3.05, 3.63) is 18.0 Å². The average molecular weight is 353 g/mol. The Balaban J connectivity index is 2.92. The highest BCUT2D eigenvalue weighted by Crippen LogP contribution is 2.29. The first kappa shape index (κ1) is 21.0. The number of amides is 1. The van der Waals surface area contributed by atoms with Crippen molar-refractivity contribution in [1.82, 2.24) is 15.1 Å². The molecule has 0 spiro atoms. The minimum absolute atomic E-state index is 0.000372. The van der Waals surface area contributed by atoms with Crippen molar-refractivity contribution in [2.45, 2.75) is 72.4 Å². The molecule has 0 aliphatic rings. The molecule has 0 saturated heterocycles. The van der Waals surface area contributed by atoms with E-state index < -0.39 is 23.1 Å². The molecule has 0 bridgehead atoms. The highest BCUT2D eigenvalue weighted by molar-refractivity contribution is 5.77. The van der Waals surface area contributed by atoms with Crippen LogP contribution in [0.2, 0.25) is 0 Å². The fourth-order valence-corrected chi connectivity index (χ4v) is 2.64. The van der Waals surface area contributed by atoms with Gasteiger partial charge in [0.1, 0.15) is 5.60 Å². The highest BCUT2D eigenvalue weighted by Gasteiger charge is 2.39. The number of aromatic nitrogens is 2. The fourth-order valence-electron chi connectivity index (χ4n) is 2.64. The average Bonchev–Trinajstić information content (AvgIpc) is 2.91. The second-order valence-electron chi connectivity index (χ2n) is 7.75. The van der Waals surface area contributed by atoms with Crippen LogP contribution < -0.4 is 5.32 Å². The van der Waals surface area contributed by atoms with Gasteiger partial charge in [0.2, 0.25) is 0 Å². The summed E-state index contributed by atoms with van der Waals surface area (Å²) in [6.45, 7) is 11.2. The number of aliphatic carboxylic acids is 1. The third-order valence-electron chi connectivity index (χ3n) is 3.86. The van der Waals surface area contributed by atoms with Gasteiger partial charge in [-0.15, -0.1) is 0 Å². The summed E-state index contributed by atoms with van der Waals surface area (Å²) < 4.78 is 7.01. The Morgan fingerprint density at radius 2 is 2.00 bits per heavy atom. The molecule has 1 heterocycles. The monoisotopic (exact) mass is 353 g/mol. The van der Waals surface area contributed by atoms with Crippen LogP contribution in [-0.4, -0.2) is 39.1 Å². The van der Waals surface area contributed by atoms with Gasteiger partial charge in [-0.05, 0) is 47.1 Å². The number of alkyl carbamates (subject to hydrolysis) is 1. The van der Waals surface area contributed by atoms with E-state index in [-0.39, 0.29) is 19.0 Å². The zero-order chi connectivity index (χ0) is 19.3. The lowest BCUT2D eigenvalue weighted by molar-refractivity contribution is -0.149. The van der Waals surface area contributed by atoms with Crippen LogP contribution in [0.3, 0.4) is 0 Å². The highest BCUT2D eigenvalue weighted by atomic mass is 16.6. The van der Waals surface area contributed by atoms with E-state index in [1.54, 1.807) is 25.5 Å². The summed E-state index contributed by atoms with van der Waals surface area (Å²) in [6.07, 6.45) is 2.62. The smallest absolute Gasteiger partial charge is 0.407 e. The molecule has 0 saturated carbocycles. The van der Waals surface area contributed by atoms with E-state index in [0.717, 1.165) is 0 Å². The summed E-state index contributed by atoms with van der Waals surface area (Å²) in [4.78, 5) is 24.0. The number of ether oxygens (including phenoxy) is 1. The summed E-state index contributed by atoms with van der Waals surface area (Å²) in [5.74, 6) is -0.940. The minimum Gasteiger partial charge on any atom is -0.481 e. The van der Waals surface area contributed by atoms with Crippen molar-refractivity contribution in [2.75, 3.05) is 6.54 Å². The van der Waals surface area contributed by atoms with Gasteiger partial charge in [0, 0.05) is 25.2 Å². The van der Waals surface area contributed by atoms with Crippen molar-refractivity contribution in [3.8, 4) is 0 Å². The molecule has 1 unspecified atom stereocenters. The first-order valence-corrected chi connectivity index (χ1v) is 8.73. The Kier molecular flexibility index (Phi) is 7.02. The number of carboxylic acid groups (broad SMARTS) is 1. The summed E-state index contributed by atoms with van der Waals surface area (Å²) in [5.41, 5.74) is -1.03. The number of carboxylic acids is 1. The summed E-state index contributed by atoms with van der Waals surface area (Å²) in [5, 5.41) is 16.9. The van der Waals surface area contributed by atoms with Crippen LogP contribution >= 0.6 is 0 Å². The maximum absolute atomic E-state index is 12.0. The Morgan fingerprint density at radius 3 is 2.44 bits per heavy atom. The Hall–Kier alpha value is -2.05. The maximum atomic E-state index is 12.0. The van der Waals surface area contributed by atoms with E-state index in [1.165, 1.54) is 0 Å². The van der Waals surface area contributed by atoms with Crippen molar-refractivity contribution in [1.29, 1.82) is 0 Å². The lowest BCUT2D eigenvalue weighted by atomic mass is 9.79. The topological polar surface area (TPSA) is 93.5 Å². The summed E-state index contributed by atoms with van der Waals surface area (Å²) >= 11 is 0. The zero-order valence-corrected chi connectivity index (χ0v) is 16.1. The van der Waals surface area contributed by atoms with Gasteiger partial charge >= 0.3 is 12.1 Å². The van der Waals surface area contributed by atoms with Gasteiger partial charge in [0.15, 0.2) is 0 Å². The first-order chi connectivity index (χ1) is 11.5. The van der Waals surface area contributed by atoms with E-state index in [1.807, 2.05) is 33.0 Å². The Bertz CT molecular complexity index is 589. The summed E-state index contributed by atoms with van der Waals surface area (Å²) in [7, 11) is 0. The Morgan fingerprint density at radius 1 is 1.36 bits per heavy atom. The number of hydrogen-bond donors (Lipinski definition) is 2. The van der Waals surface area contributed by atoms with Gasteiger partial charge < -0.3 is 15.2 Å².